The van der Waals surface area contributed by atoms with Crippen LogP contribution in [0.25, 0.3) is 0 Å². The van der Waals surface area contributed by atoms with Gasteiger partial charge in [0.05, 0.1) is 6.54 Å². The molecule has 0 fully saturated rings. The fourth-order valence-electron chi connectivity index (χ4n) is 0.526. The van der Waals surface area contributed by atoms with Gasteiger partial charge in [-0.2, -0.15) is 10.1 Å². The summed E-state index contributed by atoms with van der Waals surface area (Å²) in [5, 5.41) is 4.23. The van der Waals surface area contributed by atoms with Crippen LogP contribution in [-0.2, 0) is 9.59 Å². The molecule has 0 heterocycles. The monoisotopic (exact) mass is 191 g/mol. The van der Waals surface area contributed by atoms with Crippen molar-refractivity contribution in [1.82, 2.24) is 5.01 Å². The number of carbonyl (C=O) groups excluding carboxylic acids is 2. The molecule has 0 aliphatic heterocycles. The lowest BCUT2D eigenvalue weighted by atomic mass is 10.5. The van der Waals surface area contributed by atoms with Crippen LogP contribution in [0.15, 0.2) is 5.10 Å². The summed E-state index contributed by atoms with van der Waals surface area (Å²) in [7, 11) is 0. The van der Waals surface area contributed by atoms with E-state index in [2.05, 4.69) is 5.10 Å². The Morgan fingerprint density at radius 1 is 1.50 bits per heavy atom. The fraction of sp³-hybridized carbons (Fsp3) is 0.500. The van der Waals surface area contributed by atoms with Crippen LogP contribution in [0.2, 0.25) is 0 Å². The SMILES string of the molecule is CC(=O)N(N=C(C)Cl)C(=O)CN. The lowest BCUT2D eigenvalue weighted by molar-refractivity contribution is -0.142. The molecule has 0 aromatic heterocycles. The van der Waals surface area contributed by atoms with E-state index in [9.17, 15) is 9.59 Å². The van der Waals surface area contributed by atoms with E-state index >= 15 is 0 Å². The maximum Gasteiger partial charge on any atom is 0.263 e. The second kappa shape index (κ2) is 4.84. The first-order chi connectivity index (χ1) is 5.49. The molecular weight excluding hydrogens is 182 g/mol. The van der Waals surface area contributed by atoms with Gasteiger partial charge in [0.1, 0.15) is 5.17 Å². The molecule has 0 spiro atoms. The predicted octanol–water partition coefficient (Wildman–Crippen LogP) is -0.108. The average molecular weight is 192 g/mol. The van der Waals surface area contributed by atoms with Crippen LogP contribution in [0.3, 0.4) is 0 Å². The summed E-state index contributed by atoms with van der Waals surface area (Å²) in [6, 6.07) is 0. The highest BCUT2D eigenvalue weighted by Gasteiger charge is 2.15. The average Bonchev–Trinajstić information content (AvgIpc) is 1.98. The van der Waals surface area contributed by atoms with E-state index in [0.717, 1.165) is 0 Å². The first-order valence-corrected chi connectivity index (χ1v) is 3.61. The molecule has 0 aliphatic rings. The minimum absolute atomic E-state index is 0.104. The van der Waals surface area contributed by atoms with Crippen molar-refractivity contribution >= 4 is 28.6 Å². The molecule has 0 unspecified atom stereocenters. The van der Waals surface area contributed by atoms with Crippen molar-refractivity contribution < 1.29 is 9.59 Å². The minimum atomic E-state index is -0.581. The van der Waals surface area contributed by atoms with E-state index in [0.29, 0.717) is 5.01 Å². The van der Waals surface area contributed by atoms with E-state index in [1.807, 2.05) is 0 Å². The summed E-state index contributed by atoms with van der Waals surface area (Å²) in [6.07, 6.45) is 0. The van der Waals surface area contributed by atoms with Crippen LogP contribution in [0.1, 0.15) is 13.8 Å². The van der Waals surface area contributed by atoms with Crippen LogP contribution in [0.5, 0.6) is 0 Å². The highest BCUT2D eigenvalue weighted by molar-refractivity contribution is 6.64. The van der Waals surface area contributed by atoms with Crippen LogP contribution in [-0.4, -0.2) is 28.5 Å². The fourth-order valence-corrected chi connectivity index (χ4v) is 0.602. The van der Waals surface area contributed by atoms with Crippen molar-refractivity contribution in [3.8, 4) is 0 Å². The van der Waals surface area contributed by atoms with Crippen molar-refractivity contribution in [2.24, 2.45) is 10.8 Å². The number of imide groups is 1. The van der Waals surface area contributed by atoms with Gasteiger partial charge in [0.25, 0.3) is 5.91 Å². The standard InChI is InChI=1S/C6H10ClN3O2/c1-4(7)9-10(5(2)11)6(12)3-8/h3,8H2,1-2H3. The molecule has 12 heavy (non-hydrogen) atoms. The summed E-state index contributed by atoms with van der Waals surface area (Å²) >= 11 is 5.38. The summed E-state index contributed by atoms with van der Waals surface area (Å²) in [5.41, 5.74) is 5.03. The van der Waals surface area contributed by atoms with Crippen LogP contribution < -0.4 is 5.73 Å². The lowest BCUT2D eigenvalue weighted by Crippen LogP contribution is -2.35. The summed E-state index contributed by atoms with van der Waals surface area (Å²) in [5.74, 6) is -1.09. The van der Waals surface area contributed by atoms with Gasteiger partial charge in [-0.05, 0) is 6.92 Å². The van der Waals surface area contributed by atoms with E-state index < -0.39 is 11.8 Å². The molecule has 0 aromatic carbocycles. The van der Waals surface area contributed by atoms with Gasteiger partial charge < -0.3 is 5.73 Å². The molecule has 0 aliphatic carbocycles. The number of hydrogen-bond acceptors (Lipinski definition) is 4. The number of amides is 2. The zero-order valence-electron chi connectivity index (χ0n) is 6.87. The lowest BCUT2D eigenvalue weighted by Gasteiger charge is -2.10. The van der Waals surface area contributed by atoms with Crippen LogP contribution in [0, 0.1) is 0 Å². The third-order valence-electron chi connectivity index (χ3n) is 0.947. The molecular formula is C6H10ClN3O2. The van der Waals surface area contributed by atoms with E-state index in [1.165, 1.54) is 13.8 Å². The quantitative estimate of drug-likeness (QED) is 0.489. The topological polar surface area (TPSA) is 75.8 Å². The third-order valence-corrected chi connectivity index (χ3v) is 1.02. The molecule has 0 radical (unpaired) electrons. The first kappa shape index (κ1) is 11.1. The number of rotatable bonds is 2. The molecule has 0 bridgehead atoms. The van der Waals surface area contributed by atoms with E-state index in [4.69, 9.17) is 17.3 Å². The molecule has 68 valence electrons. The highest BCUT2D eigenvalue weighted by atomic mass is 35.5. The normalized spacial score (nSPS) is 11.2. The Balaban J connectivity index is 4.56. The number of carbonyl (C=O) groups is 2. The van der Waals surface area contributed by atoms with Gasteiger partial charge in [-0.15, -0.1) is 0 Å². The van der Waals surface area contributed by atoms with Gasteiger partial charge in [0.2, 0.25) is 5.91 Å². The summed E-state index contributed by atoms with van der Waals surface area (Å²) < 4.78 is 0. The van der Waals surface area contributed by atoms with Crippen molar-refractivity contribution in [1.29, 1.82) is 0 Å². The minimum Gasteiger partial charge on any atom is -0.322 e. The zero-order chi connectivity index (χ0) is 9.72. The second-order valence-corrected chi connectivity index (χ2v) is 2.57. The van der Waals surface area contributed by atoms with Crippen molar-refractivity contribution in [2.45, 2.75) is 13.8 Å². The molecule has 0 saturated carbocycles. The van der Waals surface area contributed by atoms with E-state index in [-0.39, 0.29) is 11.7 Å². The largest absolute Gasteiger partial charge is 0.322 e. The number of halogens is 1. The number of nitrogens with two attached hydrogens (primary N) is 1. The molecule has 5 nitrogen and oxygen atoms in total. The van der Waals surface area contributed by atoms with Crippen molar-refractivity contribution in [2.75, 3.05) is 6.54 Å². The highest BCUT2D eigenvalue weighted by Crippen LogP contribution is 1.95. The van der Waals surface area contributed by atoms with Gasteiger partial charge in [0, 0.05) is 6.92 Å². The van der Waals surface area contributed by atoms with Gasteiger partial charge in [0.15, 0.2) is 0 Å². The maximum absolute atomic E-state index is 10.9. The molecule has 0 aromatic rings. The van der Waals surface area contributed by atoms with Gasteiger partial charge >= 0.3 is 0 Å². The molecule has 0 saturated heterocycles. The van der Waals surface area contributed by atoms with Crippen LogP contribution in [0.4, 0.5) is 0 Å². The predicted molar refractivity (Wildman–Crippen MR) is 45.5 cm³/mol. The Hall–Kier alpha value is -0.940. The Kier molecular flexibility index (Phi) is 4.46. The number of nitrogens with zero attached hydrogens (tertiary/aromatic N) is 2. The Bertz CT molecular complexity index is 223. The second-order valence-electron chi connectivity index (χ2n) is 2.03. The zero-order valence-corrected chi connectivity index (χ0v) is 7.63. The Labute approximate surface area is 75.2 Å². The third kappa shape index (κ3) is 3.45. The molecule has 0 atom stereocenters. The first-order valence-electron chi connectivity index (χ1n) is 3.23. The summed E-state index contributed by atoms with van der Waals surface area (Å²) in [6.45, 7) is 2.39. The van der Waals surface area contributed by atoms with Gasteiger partial charge in [-0.3, -0.25) is 9.59 Å². The van der Waals surface area contributed by atoms with E-state index in [1.54, 1.807) is 0 Å². The maximum atomic E-state index is 10.9. The Morgan fingerprint density at radius 3 is 2.25 bits per heavy atom. The molecule has 6 heteroatoms. The van der Waals surface area contributed by atoms with Crippen molar-refractivity contribution in [3.63, 3.8) is 0 Å². The molecule has 2 amide bonds. The van der Waals surface area contributed by atoms with Crippen LogP contribution >= 0.6 is 11.6 Å². The summed E-state index contributed by atoms with van der Waals surface area (Å²) in [4.78, 5) is 21.7. The Morgan fingerprint density at radius 2 is 2.00 bits per heavy atom. The number of hydrogen-bond donors (Lipinski definition) is 1. The van der Waals surface area contributed by atoms with Gasteiger partial charge in [-0.1, -0.05) is 11.6 Å². The molecule has 0 rings (SSSR count). The van der Waals surface area contributed by atoms with Crippen molar-refractivity contribution in [3.05, 3.63) is 0 Å². The number of hydrazone groups is 1. The smallest absolute Gasteiger partial charge is 0.263 e. The molecule has 2 N–H and O–H groups in total. The van der Waals surface area contributed by atoms with Gasteiger partial charge in [-0.25, -0.2) is 0 Å².